The van der Waals surface area contributed by atoms with E-state index in [0.29, 0.717) is 11.3 Å². The maximum absolute atomic E-state index is 13.2. The first kappa shape index (κ1) is 23.2. The highest BCUT2D eigenvalue weighted by molar-refractivity contribution is 6.46. The minimum Gasteiger partial charge on any atom is -0.507 e. The van der Waals surface area contributed by atoms with Gasteiger partial charge in [-0.05, 0) is 67.3 Å². The zero-order valence-corrected chi connectivity index (χ0v) is 19.6. The number of carbonyl (C=O) groups is 2. The molecule has 1 saturated heterocycles. The van der Waals surface area contributed by atoms with Gasteiger partial charge in [-0.1, -0.05) is 37.3 Å². The quantitative estimate of drug-likeness (QED) is 0.306. The van der Waals surface area contributed by atoms with E-state index in [0.717, 1.165) is 23.1 Å². The number of nitrogens with zero attached hydrogens (tertiary/aromatic N) is 2. The first-order chi connectivity index (χ1) is 16.4. The number of aryl methyl sites for hydroxylation is 1. The molecule has 1 N–H and O–H groups in total. The zero-order chi connectivity index (χ0) is 24.2. The molecule has 1 aromatic heterocycles. The second-order valence-corrected chi connectivity index (χ2v) is 8.57. The van der Waals surface area contributed by atoms with Crippen LogP contribution in [0.3, 0.4) is 0 Å². The summed E-state index contributed by atoms with van der Waals surface area (Å²) in [6, 6.07) is 17.6. The van der Waals surface area contributed by atoms with Crippen LogP contribution in [0.5, 0.6) is 5.75 Å². The van der Waals surface area contributed by atoms with Gasteiger partial charge in [-0.2, -0.15) is 0 Å². The molecule has 6 heteroatoms. The Kier molecular flexibility index (Phi) is 6.77. The SMILES string of the molecule is CCc1ccc([C@@H]2/C(=C(\O)c3ccc(OC(C)C)cc3)C(=O)C(=O)N2Cc2cccnc2)cc1. The van der Waals surface area contributed by atoms with Crippen LogP contribution in [0.25, 0.3) is 5.76 Å². The van der Waals surface area contributed by atoms with E-state index in [1.54, 1.807) is 42.7 Å². The molecule has 0 aliphatic carbocycles. The first-order valence-electron chi connectivity index (χ1n) is 11.4. The third-order valence-corrected chi connectivity index (χ3v) is 5.82. The molecular weight excluding hydrogens is 428 g/mol. The molecule has 0 unspecified atom stereocenters. The van der Waals surface area contributed by atoms with Crippen molar-refractivity contribution in [3.05, 3.63) is 101 Å². The van der Waals surface area contributed by atoms with Gasteiger partial charge in [0.15, 0.2) is 0 Å². The Morgan fingerprint density at radius 3 is 2.32 bits per heavy atom. The van der Waals surface area contributed by atoms with Crippen LogP contribution >= 0.6 is 0 Å². The van der Waals surface area contributed by atoms with E-state index in [1.807, 2.05) is 44.2 Å². The lowest BCUT2D eigenvalue weighted by molar-refractivity contribution is -0.140. The third-order valence-electron chi connectivity index (χ3n) is 5.82. The summed E-state index contributed by atoms with van der Waals surface area (Å²) >= 11 is 0. The predicted molar refractivity (Wildman–Crippen MR) is 130 cm³/mol. The van der Waals surface area contributed by atoms with Crippen molar-refractivity contribution in [1.29, 1.82) is 0 Å². The predicted octanol–water partition coefficient (Wildman–Crippen LogP) is 5.05. The molecule has 1 aliphatic heterocycles. The van der Waals surface area contributed by atoms with Crippen LogP contribution in [0, 0.1) is 0 Å². The average molecular weight is 457 g/mol. The Morgan fingerprint density at radius 2 is 1.74 bits per heavy atom. The van der Waals surface area contributed by atoms with Gasteiger partial charge in [0.25, 0.3) is 11.7 Å². The number of benzene rings is 2. The van der Waals surface area contributed by atoms with Crippen molar-refractivity contribution in [1.82, 2.24) is 9.88 Å². The van der Waals surface area contributed by atoms with Crippen molar-refractivity contribution in [3.8, 4) is 5.75 Å². The highest BCUT2D eigenvalue weighted by Crippen LogP contribution is 2.40. The number of Topliss-reactive ketones (excluding diaryl/α,β-unsaturated/α-hetero) is 1. The maximum atomic E-state index is 13.2. The lowest BCUT2D eigenvalue weighted by Gasteiger charge is -2.25. The van der Waals surface area contributed by atoms with Gasteiger partial charge in [0.1, 0.15) is 11.5 Å². The highest BCUT2D eigenvalue weighted by Gasteiger charge is 2.46. The summed E-state index contributed by atoms with van der Waals surface area (Å²) in [6.45, 7) is 6.13. The van der Waals surface area contributed by atoms with E-state index in [-0.39, 0.29) is 24.0 Å². The number of carbonyl (C=O) groups excluding carboxylic acids is 2. The summed E-state index contributed by atoms with van der Waals surface area (Å²) in [5.41, 5.74) is 3.24. The van der Waals surface area contributed by atoms with Crippen LogP contribution in [-0.4, -0.2) is 32.8 Å². The van der Waals surface area contributed by atoms with Crippen LogP contribution in [0.15, 0.2) is 78.6 Å². The summed E-state index contributed by atoms with van der Waals surface area (Å²) in [5, 5.41) is 11.2. The molecule has 0 bridgehead atoms. The van der Waals surface area contributed by atoms with E-state index in [1.165, 1.54) is 4.90 Å². The van der Waals surface area contributed by atoms with Gasteiger partial charge in [0.2, 0.25) is 0 Å². The van der Waals surface area contributed by atoms with Gasteiger partial charge >= 0.3 is 0 Å². The first-order valence-corrected chi connectivity index (χ1v) is 11.4. The number of aromatic nitrogens is 1. The van der Waals surface area contributed by atoms with Gasteiger partial charge in [-0.15, -0.1) is 0 Å². The molecule has 1 aliphatic rings. The number of aliphatic hydroxyl groups excluding tert-OH is 1. The monoisotopic (exact) mass is 456 g/mol. The smallest absolute Gasteiger partial charge is 0.295 e. The van der Waals surface area contributed by atoms with Crippen LogP contribution < -0.4 is 4.74 Å². The van der Waals surface area contributed by atoms with Crippen LogP contribution in [0.1, 0.15) is 49.1 Å². The molecule has 3 aromatic rings. The Labute approximate surface area is 199 Å². The number of rotatable bonds is 7. The van der Waals surface area contributed by atoms with Crippen molar-refractivity contribution in [3.63, 3.8) is 0 Å². The minimum absolute atomic E-state index is 0.0170. The van der Waals surface area contributed by atoms with Crippen LogP contribution in [-0.2, 0) is 22.6 Å². The number of ketones is 1. The third kappa shape index (κ3) is 4.71. The molecule has 1 atom stereocenters. The summed E-state index contributed by atoms with van der Waals surface area (Å²) in [7, 11) is 0. The van der Waals surface area contributed by atoms with Crippen molar-refractivity contribution < 1.29 is 19.4 Å². The topological polar surface area (TPSA) is 79.7 Å². The van der Waals surface area contributed by atoms with Crippen molar-refractivity contribution in [2.75, 3.05) is 0 Å². The fourth-order valence-electron chi connectivity index (χ4n) is 4.13. The van der Waals surface area contributed by atoms with Gasteiger partial charge < -0.3 is 14.7 Å². The van der Waals surface area contributed by atoms with E-state index in [4.69, 9.17) is 4.74 Å². The van der Waals surface area contributed by atoms with Gasteiger partial charge in [-0.25, -0.2) is 0 Å². The summed E-state index contributed by atoms with van der Waals surface area (Å²) < 4.78 is 5.68. The molecule has 34 heavy (non-hydrogen) atoms. The maximum Gasteiger partial charge on any atom is 0.295 e. The minimum atomic E-state index is -0.710. The molecular formula is C28H28N2O4. The van der Waals surface area contributed by atoms with Crippen molar-refractivity contribution in [2.24, 2.45) is 0 Å². The Bertz CT molecular complexity index is 1200. The van der Waals surface area contributed by atoms with Gasteiger partial charge in [-0.3, -0.25) is 14.6 Å². The van der Waals surface area contributed by atoms with Crippen molar-refractivity contribution >= 4 is 17.4 Å². The molecule has 0 saturated carbocycles. The standard InChI is InChI=1S/C28H28N2O4/c1-4-19-7-9-21(10-8-19)25-24(26(31)22-11-13-23(14-12-22)34-18(2)3)27(32)28(33)30(25)17-20-6-5-15-29-16-20/h5-16,18,25,31H,4,17H2,1-3H3/b26-24+/t25-/m1/s1. The molecule has 4 rings (SSSR count). The second-order valence-electron chi connectivity index (χ2n) is 8.57. The number of hydrogen-bond donors (Lipinski definition) is 1. The number of pyridine rings is 1. The van der Waals surface area contributed by atoms with Crippen molar-refractivity contribution in [2.45, 2.75) is 45.9 Å². The van der Waals surface area contributed by atoms with E-state index < -0.39 is 17.7 Å². The van der Waals surface area contributed by atoms with E-state index in [2.05, 4.69) is 11.9 Å². The Morgan fingerprint density at radius 1 is 1.03 bits per heavy atom. The normalized spacial score (nSPS) is 17.4. The Hall–Kier alpha value is -3.93. The fraction of sp³-hybridized carbons (Fsp3) is 0.250. The molecule has 0 spiro atoms. The molecule has 1 amide bonds. The number of aliphatic hydroxyl groups is 1. The zero-order valence-electron chi connectivity index (χ0n) is 19.6. The molecule has 2 heterocycles. The van der Waals surface area contributed by atoms with Gasteiger partial charge in [0.05, 0.1) is 17.7 Å². The summed E-state index contributed by atoms with van der Waals surface area (Å²) in [4.78, 5) is 31.9. The van der Waals surface area contributed by atoms with E-state index in [9.17, 15) is 14.7 Å². The van der Waals surface area contributed by atoms with E-state index >= 15 is 0 Å². The molecule has 1 fully saturated rings. The highest BCUT2D eigenvalue weighted by atomic mass is 16.5. The summed E-state index contributed by atoms with van der Waals surface area (Å²) in [6.07, 6.45) is 4.22. The Balaban J connectivity index is 1.79. The number of ether oxygens (including phenoxy) is 1. The summed E-state index contributed by atoms with van der Waals surface area (Å²) in [5.74, 6) is -0.883. The second kappa shape index (κ2) is 9.91. The average Bonchev–Trinajstić information content (AvgIpc) is 3.09. The lowest BCUT2D eigenvalue weighted by Crippen LogP contribution is -2.29. The number of amides is 1. The molecule has 6 nitrogen and oxygen atoms in total. The number of likely N-dealkylation sites (tertiary alicyclic amines) is 1. The van der Waals surface area contributed by atoms with Gasteiger partial charge in [0, 0.05) is 24.5 Å². The van der Waals surface area contributed by atoms with Crippen LogP contribution in [0.2, 0.25) is 0 Å². The lowest BCUT2D eigenvalue weighted by atomic mass is 9.94. The van der Waals surface area contributed by atoms with Crippen LogP contribution in [0.4, 0.5) is 0 Å². The number of hydrogen-bond acceptors (Lipinski definition) is 5. The fourth-order valence-corrected chi connectivity index (χ4v) is 4.13. The largest absolute Gasteiger partial charge is 0.507 e. The molecule has 174 valence electrons. The molecule has 0 radical (unpaired) electrons. The molecule has 2 aromatic carbocycles.